The smallest absolute Gasteiger partial charge is 0.230 e. The highest BCUT2D eigenvalue weighted by Gasteiger charge is 2.15. The number of thioether (sulfide) groups is 1. The summed E-state index contributed by atoms with van der Waals surface area (Å²) in [5, 5.41) is 9.54. The Kier molecular flexibility index (Phi) is 5.55. The van der Waals surface area contributed by atoms with Crippen LogP contribution < -0.4 is 5.32 Å². The first-order chi connectivity index (χ1) is 12.1. The summed E-state index contributed by atoms with van der Waals surface area (Å²) in [6, 6.07) is 7.51. The lowest BCUT2D eigenvalue weighted by Gasteiger charge is -2.17. The van der Waals surface area contributed by atoms with Gasteiger partial charge in [0.15, 0.2) is 5.65 Å². The third kappa shape index (κ3) is 4.11. The molecule has 8 heteroatoms. The lowest BCUT2D eigenvalue weighted by atomic mass is 10.0. The van der Waals surface area contributed by atoms with Crippen LogP contribution in [0.1, 0.15) is 24.9 Å². The SMILES string of the molecule is CCC(NC(=O)CSc1ncnc2c1cnn2C)c1ccc(Cl)cc1. The van der Waals surface area contributed by atoms with Gasteiger partial charge in [-0.2, -0.15) is 5.10 Å². The fraction of sp³-hybridized carbons (Fsp3) is 0.294. The van der Waals surface area contributed by atoms with Crippen LogP contribution in [0.4, 0.5) is 0 Å². The van der Waals surface area contributed by atoms with Crippen molar-refractivity contribution in [3.05, 3.63) is 47.4 Å². The number of amides is 1. The fourth-order valence-electron chi connectivity index (χ4n) is 2.54. The minimum absolute atomic E-state index is 0.0332. The molecule has 0 fully saturated rings. The zero-order valence-corrected chi connectivity index (χ0v) is 15.5. The van der Waals surface area contributed by atoms with Crippen molar-refractivity contribution in [2.24, 2.45) is 7.05 Å². The molecule has 0 radical (unpaired) electrons. The van der Waals surface area contributed by atoms with E-state index in [2.05, 4.69) is 20.4 Å². The molecule has 1 amide bonds. The lowest BCUT2D eigenvalue weighted by molar-refractivity contribution is -0.119. The third-order valence-corrected chi connectivity index (χ3v) is 5.11. The van der Waals surface area contributed by atoms with Gasteiger partial charge in [-0.3, -0.25) is 9.48 Å². The second-order valence-corrected chi connectivity index (χ2v) is 6.95. The van der Waals surface area contributed by atoms with E-state index in [1.807, 2.05) is 38.2 Å². The summed E-state index contributed by atoms with van der Waals surface area (Å²) in [5.74, 6) is 0.243. The quantitative estimate of drug-likeness (QED) is 0.528. The van der Waals surface area contributed by atoms with Gasteiger partial charge in [0.05, 0.1) is 23.4 Å². The Labute approximate surface area is 155 Å². The van der Waals surface area contributed by atoms with Gasteiger partial charge in [-0.15, -0.1) is 0 Å². The summed E-state index contributed by atoms with van der Waals surface area (Å²) in [4.78, 5) is 20.8. The van der Waals surface area contributed by atoms with Crippen molar-refractivity contribution in [2.75, 3.05) is 5.75 Å². The predicted molar refractivity (Wildman–Crippen MR) is 99.7 cm³/mol. The Balaban J connectivity index is 1.64. The van der Waals surface area contributed by atoms with E-state index in [-0.39, 0.29) is 17.7 Å². The highest BCUT2D eigenvalue weighted by Crippen LogP contribution is 2.24. The standard InChI is InChI=1S/C17H18ClN5OS/c1-3-14(11-4-6-12(18)7-5-11)22-15(24)9-25-17-13-8-21-23(2)16(13)19-10-20-17/h4-8,10,14H,3,9H2,1-2H3,(H,22,24). The van der Waals surface area contributed by atoms with Gasteiger partial charge in [0, 0.05) is 12.1 Å². The molecule has 0 saturated heterocycles. The molecule has 130 valence electrons. The van der Waals surface area contributed by atoms with Crippen LogP contribution in [0.2, 0.25) is 5.02 Å². The van der Waals surface area contributed by atoms with Gasteiger partial charge in [-0.05, 0) is 24.1 Å². The molecule has 3 rings (SSSR count). The third-order valence-electron chi connectivity index (χ3n) is 3.85. The second-order valence-electron chi connectivity index (χ2n) is 5.55. The molecule has 2 aromatic heterocycles. The number of rotatable bonds is 6. The number of hydrogen-bond donors (Lipinski definition) is 1. The van der Waals surface area contributed by atoms with Crippen LogP contribution in [0.3, 0.4) is 0 Å². The van der Waals surface area contributed by atoms with Gasteiger partial charge in [0.1, 0.15) is 11.4 Å². The summed E-state index contributed by atoms with van der Waals surface area (Å²) in [5.41, 5.74) is 1.80. The number of nitrogens with one attached hydrogen (secondary N) is 1. The van der Waals surface area contributed by atoms with Crippen LogP contribution in [0.15, 0.2) is 41.8 Å². The molecule has 0 aliphatic rings. The van der Waals surface area contributed by atoms with Gasteiger partial charge >= 0.3 is 0 Å². The molecule has 1 aromatic carbocycles. The molecule has 0 aliphatic carbocycles. The topological polar surface area (TPSA) is 72.7 Å². The van der Waals surface area contributed by atoms with Crippen LogP contribution in [0.5, 0.6) is 0 Å². The molecule has 25 heavy (non-hydrogen) atoms. The Morgan fingerprint density at radius 1 is 1.32 bits per heavy atom. The number of nitrogens with zero attached hydrogens (tertiary/aromatic N) is 4. The molecule has 1 N–H and O–H groups in total. The van der Waals surface area contributed by atoms with E-state index in [9.17, 15) is 4.79 Å². The van der Waals surface area contributed by atoms with Gasteiger partial charge in [0.25, 0.3) is 0 Å². The van der Waals surface area contributed by atoms with E-state index in [0.717, 1.165) is 28.0 Å². The first-order valence-electron chi connectivity index (χ1n) is 7.88. The molecule has 0 aliphatic heterocycles. The molecule has 1 unspecified atom stereocenters. The Morgan fingerprint density at radius 3 is 2.80 bits per heavy atom. The zero-order valence-electron chi connectivity index (χ0n) is 13.9. The van der Waals surface area contributed by atoms with E-state index < -0.39 is 0 Å². The van der Waals surface area contributed by atoms with Crippen LogP contribution in [0.25, 0.3) is 11.0 Å². The van der Waals surface area contributed by atoms with Gasteiger partial charge < -0.3 is 5.32 Å². The number of halogens is 1. The summed E-state index contributed by atoms with van der Waals surface area (Å²) in [6.45, 7) is 2.04. The molecule has 2 heterocycles. The first-order valence-corrected chi connectivity index (χ1v) is 9.25. The van der Waals surface area contributed by atoms with E-state index >= 15 is 0 Å². The van der Waals surface area contributed by atoms with Crippen molar-refractivity contribution in [1.29, 1.82) is 0 Å². The van der Waals surface area contributed by atoms with Crippen molar-refractivity contribution < 1.29 is 4.79 Å². The summed E-state index contributed by atoms with van der Waals surface area (Å²) < 4.78 is 1.69. The van der Waals surface area contributed by atoms with Crippen LogP contribution in [-0.4, -0.2) is 31.4 Å². The Morgan fingerprint density at radius 2 is 2.08 bits per heavy atom. The number of carbonyl (C=O) groups excluding carboxylic acids is 1. The average molecular weight is 376 g/mol. The zero-order chi connectivity index (χ0) is 17.8. The van der Waals surface area contributed by atoms with Gasteiger partial charge in [-0.25, -0.2) is 9.97 Å². The molecular formula is C17H18ClN5OS. The van der Waals surface area contributed by atoms with Crippen molar-refractivity contribution >= 4 is 40.3 Å². The average Bonchev–Trinajstić information content (AvgIpc) is 3.00. The molecule has 0 bridgehead atoms. The predicted octanol–water partition coefficient (Wildman–Crippen LogP) is 3.38. The number of aromatic nitrogens is 4. The Hall–Kier alpha value is -2.12. The van der Waals surface area contributed by atoms with Gasteiger partial charge in [0.2, 0.25) is 5.91 Å². The van der Waals surface area contributed by atoms with E-state index in [1.165, 1.54) is 18.1 Å². The van der Waals surface area contributed by atoms with E-state index in [1.54, 1.807) is 10.9 Å². The minimum Gasteiger partial charge on any atom is -0.349 e. The molecule has 0 saturated carbocycles. The normalized spacial score (nSPS) is 12.3. The highest BCUT2D eigenvalue weighted by molar-refractivity contribution is 8.00. The van der Waals surface area contributed by atoms with Crippen molar-refractivity contribution in [1.82, 2.24) is 25.1 Å². The maximum atomic E-state index is 12.3. The maximum Gasteiger partial charge on any atom is 0.230 e. The summed E-state index contributed by atoms with van der Waals surface area (Å²) >= 11 is 7.31. The van der Waals surface area contributed by atoms with Crippen LogP contribution in [-0.2, 0) is 11.8 Å². The van der Waals surface area contributed by atoms with E-state index in [4.69, 9.17) is 11.6 Å². The molecule has 1 atom stereocenters. The maximum absolute atomic E-state index is 12.3. The van der Waals surface area contributed by atoms with Crippen molar-refractivity contribution in [3.63, 3.8) is 0 Å². The second kappa shape index (κ2) is 7.84. The molecule has 0 spiro atoms. The number of hydrogen-bond acceptors (Lipinski definition) is 5. The minimum atomic E-state index is -0.0394. The summed E-state index contributed by atoms with van der Waals surface area (Å²) in [7, 11) is 1.83. The summed E-state index contributed by atoms with van der Waals surface area (Å²) in [6.07, 6.45) is 4.02. The van der Waals surface area contributed by atoms with Crippen LogP contribution in [0, 0.1) is 0 Å². The first kappa shape index (κ1) is 17.7. The van der Waals surface area contributed by atoms with E-state index in [0.29, 0.717) is 5.02 Å². The Bertz CT molecular complexity index is 880. The van der Waals surface area contributed by atoms with Crippen molar-refractivity contribution in [3.8, 4) is 0 Å². The number of fused-ring (bicyclic) bond motifs is 1. The molecular weight excluding hydrogens is 358 g/mol. The number of benzene rings is 1. The fourth-order valence-corrected chi connectivity index (χ4v) is 3.44. The number of carbonyl (C=O) groups is 1. The van der Waals surface area contributed by atoms with Crippen LogP contribution >= 0.6 is 23.4 Å². The lowest BCUT2D eigenvalue weighted by Crippen LogP contribution is -2.29. The number of aryl methyl sites for hydroxylation is 1. The molecule has 6 nitrogen and oxygen atoms in total. The molecule has 3 aromatic rings. The monoisotopic (exact) mass is 375 g/mol. The highest BCUT2D eigenvalue weighted by atomic mass is 35.5. The van der Waals surface area contributed by atoms with Gasteiger partial charge in [-0.1, -0.05) is 42.4 Å². The largest absolute Gasteiger partial charge is 0.349 e. The van der Waals surface area contributed by atoms with Crippen molar-refractivity contribution in [2.45, 2.75) is 24.4 Å².